The van der Waals surface area contributed by atoms with Crippen LogP contribution in [0.1, 0.15) is 39.4 Å². The van der Waals surface area contributed by atoms with E-state index in [1.165, 1.54) is 0 Å². The van der Waals surface area contributed by atoms with E-state index in [1.54, 1.807) is 10.6 Å². The molecule has 1 saturated heterocycles. The van der Waals surface area contributed by atoms with Gasteiger partial charge in [-0.25, -0.2) is 8.42 Å². The van der Waals surface area contributed by atoms with Gasteiger partial charge in [0.25, 0.3) is 0 Å². The predicted octanol–water partition coefficient (Wildman–Crippen LogP) is 1.94. The number of furan rings is 1. The molecule has 9 heteroatoms. The van der Waals surface area contributed by atoms with Crippen LogP contribution in [0.4, 0.5) is 0 Å². The van der Waals surface area contributed by atoms with Gasteiger partial charge in [-0.1, -0.05) is 13.3 Å². The number of ether oxygens (including phenoxy) is 1. The monoisotopic (exact) mass is 428 g/mol. The van der Waals surface area contributed by atoms with Crippen LogP contribution in [-0.4, -0.2) is 81.3 Å². The number of unbranched alkanes of at least 4 members (excludes halogenated alkanes) is 1. The molecule has 0 amide bonds. The molecule has 2 rings (SSSR count). The predicted molar refractivity (Wildman–Crippen MR) is 116 cm³/mol. The van der Waals surface area contributed by atoms with Crippen LogP contribution >= 0.6 is 0 Å². The first-order valence-corrected chi connectivity index (χ1v) is 12.2. The van der Waals surface area contributed by atoms with Crippen LogP contribution in [0.15, 0.2) is 27.8 Å². The molecule has 29 heavy (non-hydrogen) atoms. The summed E-state index contributed by atoms with van der Waals surface area (Å²) in [5.41, 5.74) is 0. The third-order valence-electron chi connectivity index (χ3n) is 4.73. The van der Waals surface area contributed by atoms with Crippen LogP contribution in [0, 0.1) is 0 Å². The normalized spacial score (nSPS) is 16.6. The van der Waals surface area contributed by atoms with Gasteiger partial charge in [0.05, 0.1) is 24.7 Å². The maximum Gasteiger partial charge on any atom is 0.216 e. The van der Waals surface area contributed by atoms with Gasteiger partial charge in [0.15, 0.2) is 5.96 Å². The zero-order valence-electron chi connectivity index (χ0n) is 18.0. The van der Waals surface area contributed by atoms with Gasteiger partial charge < -0.3 is 19.4 Å². The summed E-state index contributed by atoms with van der Waals surface area (Å²) < 4.78 is 37.4. The number of nitrogens with one attached hydrogen (secondary N) is 1. The molecule has 0 bridgehead atoms. The molecule has 1 fully saturated rings. The van der Waals surface area contributed by atoms with Crippen molar-refractivity contribution in [3.05, 3.63) is 24.2 Å². The molecule has 0 spiro atoms. The first-order chi connectivity index (χ1) is 13.9. The first-order valence-electron chi connectivity index (χ1n) is 10.6. The Balaban J connectivity index is 1.86. The average Bonchev–Trinajstić information content (AvgIpc) is 3.20. The van der Waals surface area contributed by atoms with Crippen LogP contribution in [0.25, 0.3) is 0 Å². The number of guanidine groups is 1. The Morgan fingerprint density at radius 2 is 2.07 bits per heavy atom. The molecule has 0 aliphatic carbocycles. The van der Waals surface area contributed by atoms with E-state index in [2.05, 4.69) is 17.1 Å². The van der Waals surface area contributed by atoms with Crippen LogP contribution in [0.3, 0.4) is 0 Å². The van der Waals surface area contributed by atoms with Crippen molar-refractivity contribution in [1.29, 1.82) is 0 Å². The summed E-state index contributed by atoms with van der Waals surface area (Å²) in [6.07, 6.45) is 4.62. The van der Waals surface area contributed by atoms with E-state index < -0.39 is 10.0 Å². The van der Waals surface area contributed by atoms with E-state index in [4.69, 9.17) is 14.1 Å². The Labute approximate surface area is 175 Å². The Hall–Kier alpha value is -1.58. The number of piperazine rings is 1. The second kappa shape index (κ2) is 12.2. The van der Waals surface area contributed by atoms with E-state index >= 15 is 0 Å². The molecule has 166 valence electrons. The Kier molecular flexibility index (Phi) is 9.96. The molecule has 0 radical (unpaired) electrons. The fourth-order valence-corrected chi connectivity index (χ4v) is 4.34. The highest BCUT2D eigenvalue weighted by Gasteiger charge is 2.28. The van der Waals surface area contributed by atoms with Gasteiger partial charge in [0, 0.05) is 45.7 Å². The largest absolute Gasteiger partial charge is 0.469 e. The van der Waals surface area contributed by atoms with Crippen LogP contribution < -0.4 is 5.32 Å². The summed E-state index contributed by atoms with van der Waals surface area (Å²) in [4.78, 5) is 6.87. The zero-order chi connectivity index (χ0) is 21.1. The topological polar surface area (TPSA) is 87.4 Å². The summed E-state index contributed by atoms with van der Waals surface area (Å²) in [6, 6.07) is 3.85. The number of rotatable bonds is 11. The second-order valence-electron chi connectivity index (χ2n) is 7.44. The van der Waals surface area contributed by atoms with Gasteiger partial charge in [0.1, 0.15) is 5.76 Å². The van der Waals surface area contributed by atoms with Crippen molar-refractivity contribution in [1.82, 2.24) is 14.5 Å². The lowest BCUT2D eigenvalue weighted by molar-refractivity contribution is 0.0904. The number of hydrogen-bond acceptors (Lipinski definition) is 5. The molecule has 2 heterocycles. The SMILES string of the molecule is CCCCN=C(NCCc1ccco1)N1CCN(S(=O)(=O)CCOC(C)C)CC1. The highest BCUT2D eigenvalue weighted by molar-refractivity contribution is 7.89. The van der Waals surface area contributed by atoms with Crippen molar-refractivity contribution in [2.45, 2.75) is 46.1 Å². The van der Waals surface area contributed by atoms with E-state index in [1.807, 2.05) is 26.0 Å². The maximum atomic E-state index is 12.5. The standard InChI is InChI=1S/C20H36N4O4S/c1-4-5-9-21-20(22-10-8-19-7-6-15-28-19)23-11-13-24(14-12-23)29(25,26)17-16-27-18(2)3/h6-7,15,18H,4-5,8-14,16-17H2,1-3H3,(H,21,22). The summed E-state index contributed by atoms with van der Waals surface area (Å²) >= 11 is 0. The highest BCUT2D eigenvalue weighted by Crippen LogP contribution is 2.09. The van der Waals surface area contributed by atoms with Crippen LogP contribution in [0.5, 0.6) is 0 Å². The molecule has 0 unspecified atom stereocenters. The molecular weight excluding hydrogens is 392 g/mol. The number of hydrogen-bond donors (Lipinski definition) is 1. The second-order valence-corrected chi connectivity index (χ2v) is 9.53. The molecule has 0 atom stereocenters. The van der Waals surface area contributed by atoms with E-state index in [9.17, 15) is 8.42 Å². The fourth-order valence-electron chi connectivity index (χ4n) is 3.06. The molecular formula is C20H36N4O4S. The first kappa shape index (κ1) is 23.7. The van der Waals surface area contributed by atoms with Crippen molar-refractivity contribution in [3.63, 3.8) is 0 Å². The lowest BCUT2D eigenvalue weighted by Gasteiger charge is -2.36. The molecule has 0 aromatic carbocycles. The summed E-state index contributed by atoms with van der Waals surface area (Å²) in [7, 11) is -3.29. The molecule has 1 aromatic rings. The van der Waals surface area contributed by atoms with Crippen LogP contribution in [0.2, 0.25) is 0 Å². The van der Waals surface area contributed by atoms with Gasteiger partial charge in [0.2, 0.25) is 10.0 Å². The minimum absolute atomic E-state index is 0.0318. The molecule has 0 saturated carbocycles. The molecule has 1 aromatic heterocycles. The van der Waals surface area contributed by atoms with Crippen molar-refractivity contribution in [2.75, 3.05) is 51.6 Å². The van der Waals surface area contributed by atoms with Crippen LogP contribution in [-0.2, 0) is 21.2 Å². The van der Waals surface area contributed by atoms with Gasteiger partial charge in [-0.05, 0) is 32.4 Å². The highest BCUT2D eigenvalue weighted by atomic mass is 32.2. The van der Waals surface area contributed by atoms with Gasteiger partial charge >= 0.3 is 0 Å². The minimum Gasteiger partial charge on any atom is -0.469 e. The third kappa shape index (κ3) is 8.36. The number of sulfonamides is 1. The minimum atomic E-state index is -3.29. The van der Waals surface area contributed by atoms with Gasteiger partial charge in [-0.15, -0.1) is 0 Å². The van der Waals surface area contributed by atoms with Crippen molar-refractivity contribution < 1.29 is 17.6 Å². The lowest BCUT2D eigenvalue weighted by Crippen LogP contribution is -2.54. The van der Waals surface area contributed by atoms with Crippen molar-refractivity contribution >= 4 is 16.0 Å². The Bertz CT molecular complexity index is 696. The van der Waals surface area contributed by atoms with E-state index in [0.29, 0.717) is 26.2 Å². The zero-order valence-corrected chi connectivity index (χ0v) is 18.8. The molecule has 1 aliphatic heterocycles. The Morgan fingerprint density at radius 3 is 2.69 bits per heavy atom. The van der Waals surface area contributed by atoms with Gasteiger partial charge in [-0.3, -0.25) is 4.99 Å². The molecule has 1 aliphatic rings. The quantitative estimate of drug-likeness (QED) is 0.329. The Morgan fingerprint density at radius 1 is 1.31 bits per heavy atom. The molecule has 8 nitrogen and oxygen atoms in total. The summed E-state index contributed by atoms with van der Waals surface area (Å²) in [5, 5.41) is 3.41. The van der Waals surface area contributed by atoms with E-state index in [0.717, 1.165) is 44.1 Å². The molecule has 1 N–H and O–H groups in total. The lowest BCUT2D eigenvalue weighted by atomic mass is 10.3. The fraction of sp³-hybridized carbons (Fsp3) is 0.750. The number of nitrogens with zero attached hydrogens (tertiary/aromatic N) is 3. The maximum absolute atomic E-state index is 12.5. The average molecular weight is 429 g/mol. The van der Waals surface area contributed by atoms with Crippen molar-refractivity contribution in [2.24, 2.45) is 4.99 Å². The van der Waals surface area contributed by atoms with Gasteiger partial charge in [-0.2, -0.15) is 4.31 Å². The summed E-state index contributed by atoms with van der Waals surface area (Å²) in [5.74, 6) is 1.82. The van der Waals surface area contributed by atoms with E-state index in [-0.39, 0.29) is 18.5 Å². The smallest absolute Gasteiger partial charge is 0.216 e. The summed E-state index contributed by atoms with van der Waals surface area (Å²) in [6.45, 7) is 9.88. The third-order valence-corrected chi connectivity index (χ3v) is 6.57. The number of aliphatic imine (C=N–C) groups is 1. The van der Waals surface area contributed by atoms with Crippen molar-refractivity contribution in [3.8, 4) is 0 Å².